The van der Waals surface area contributed by atoms with Crippen molar-refractivity contribution in [1.82, 2.24) is 14.5 Å². The highest BCUT2D eigenvalue weighted by molar-refractivity contribution is 7.89. The second-order valence-corrected chi connectivity index (χ2v) is 7.23. The largest absolute Gasteiger partial charge is 0.329 e. The highest BCUT2D eigenvalue weighted by Crippen LogP contribution is 2.26. The Morgan fingerprint density at radius 1 is 1.24 bits per heavy atom. The van der Waals surface area contributed by atoms with Crippen molar-refractivity contribution in [3.8, 4) is 0 Å². The van der Waals surface area contributed by atoms with E-state index in [0.29, 0.717) is 5.02 Å². The number of nitrogens with zero attached hydrogens (tertiary/aromatic N) is 2. The van der Waals surface area contributed by atoms with Gasteiger partial charge in [-0.1, -0.05) is 17.7 Å². The number of rotatable bonds is 3. The van der Waals surface area contributed by atoms with E-state index in [1.54, 1.807) is 12.1 Å². The van der Waals surface area contributed by atoms with Crippen LogP contribution in [0.5, 0.6) is 0 Å². The maximum Gasteiger partial charge on any atom is 0.324 e. The van der Waals surface area contributed by atoms with Crippen LogP contribution in [-0.2, 0) is 14.8 Å². The lowest BCUT2D eigenvalue weighted by Crippen LogP contribution is -2.62. The molecule has 2 saturated heterocycles. The normalized spacial score (nSPS) is 20.5. The van der Waals surface area contributed by atoms with Gasteiger partial charge in [-0.2, -0.15) is 4.31 Å². The Balaban J connectivity index is 1.74. The minimum absolute atomic E-state index is 0.0314. The molecule has 2 aliphatic heterocycles. The number of carbonyl (C=O) groups is 2. The predicted octanol–water partition coefficient (Wildman–Crippen LogP) is 0.265. The molecule has 2 fully saturated rings. The lowest BCUT2D eigenvalue weighted by Gasteiger charge is -2.41. The summed E-state index contributed by atoms with van der Waals surface area (Å²) in [6, 6.07) is 5.11. The van der Waals surface area contributed by atoms with Gasteiger partial charge in [0.2, 0.25) is 15.9 Å². The van der Waals surface area contributed by atoms with Gasteiger partial charge in [0.05, 0.1) is 17.5 Å². The Hall–Kier alpha value is -1.64. The van der Waals surface area contributed by atoms with Gasteiger partial charge in [-0.3, -0.25) is 9.69 Å². The molecule has 7 nitrogen and oxygen atoms in total. The highest BCUT2D eigenvalue weighted by atomic mass is 35.5. The van der Waals surface area contributed by atoms with Crippen molar-refractivity contribution in [2.75, 3.05) is 19.6 Å². The summed E-state index contributed by atoms with van der Waals surface area (Å²) in [6.07, 6.45) is 0. The first-order valence-electron chi connectivity index (χ1n) is 6.25. The minimum Gasteiger partial charge on any atom is -0.329 e. The lowest BCUT2D eigenvalue weighted by atomic mass is 10.1. The van der Waals surface area contributed by atoms with Crippen LogP contribution in [-0.4, -0.2) is 55.2 Å². The third kappa shape index (κ3) is 2.39. The molecule has 2 heterocycles. The smallest absolute Gasteiger partial charge is 0.324 e. The summed E-state index contributed by atoms with van der Waals surface area (Å²) in [5.74, 6) is -0.329. The average Bonchev–Trinajstić information content (AvgIpc) is 2.69. The Labute approximate surface area is 126 Å². The summed E-state index contributed by atoms with van der Waals surface area (Å²) in [7, 11) is -3.64. The molecule has 1 aromatic rings. The van der Waals surface area contributed by atoms with Crippen LogP contribution in [0.4, 0.5) is 4.79 Å². The summed E-state index contributed by atoms with van der Waals surface area (Å²) in [6.45, 7) is 0.179. The summed E-state index contributed by atoms with van der Waals surface area (Å²) >= 11 is 5.80. The van der Waals surface area contributed by atoms with Crippen molar-refractivity contribution >= 4 is 33.6 Å². The molecule has 3 rings (SSSR count). The van der Waals surface area contributed by atoms with Gasteiger partial charge in [0.25, 0.3) is 0 Å². The van der Waals surface area contributed by atoms with Gasteiger partial charge in [-0.15, -0.1) is 0 Å². The first-order valence-corrected chi connectivity index (χ1v) is 8.07. The van der Waals surface area contributed by atoms with E-state index in [0.717, 1.165) is 4.90 Å². The van der Waals surface area contributed by atoms with Gasteiger partial charge in [-0.05, 0) is 18.2 Å². The van der Waals surface area contributed by atoms with Crippen LogP contribution in [0.3, 0.4) is 0 Å². The third-order valence-corrected chi connectivity index (χ3v) is 5.57. The van der Waals surface area contributed by atoms with Gasteiger partial charge >= 0.3 is 6.03 Å². The van der Waals surface area contributed by atoms with Gasteiger partial charge in [0, 0.05) is 18.1 Å². The van der Waals surface area contributed by atoms with Crippen molar-refractivity contribution in [3.05, 3.63) is 29.3 Å². The van der Waals surface area contributed by atoms with E-state index >= 15 is 0 Å². The zero-order chi connectivity index (χ0) is 15.2. The monoisotopic (exact) mass is 329 g/mol. The number of hydrogen-bond acceptors (Lipinski definition) is 4. The van der Waals surface area contributed by atoms with E-state index in [4.69, 9.17) is 11.6 Å². The Kier molecular flexibility index (Phi) is 3.39. The van der Waals surface area contributed by atoms with Gasteiger partial charge < -0.3 is 5.32 Å². The van der Waals surface area contributed by atoms with E-state index < -0.39 is 22.1 Å². The van der Waals surface area contributed by atoms with Crippen LogP contribution in [0.2, 0.25) is 5.02 Å². The van der Waals surface area contributed by atoms with Crippen molar-refractivity contribution in [2.24, 2.45) is 0 Å². The number of sulfonamides is 1. The quantitative estimate of drug-likeness (QED) is 0.806. The summed E-state index contributed by atoms with van der Waals surface area (Å²) in [5.41, 5.74) is 0. The number of hydrogen-bond donors (Lipinski definition) is 1. The molecular weight excluding hydrogens is 318 g/mol. The van der Waals surface area contributed by atoms with Crippen LogP contribution in [0.25, 0.3) is 0 Å². The summed E-state index contributed by atoms with van der Waals surface area (Å²) in [5, 5.41) is 2.75. The SMILES string of the molecule is O=C1CNC(=O)N1C1CN(S(=O)(=O)c2cccc(Cl)c2)C1. The van der Waals surface area contributed by atoms with Crippen molar-refractivity contribution in [3.63, 3.8) is 0 Å². The zero-order valence-electron chi connectivity index (χ0n) is 10.8. The second kappa shape index (κ2) is 4.97. The Morgan fingerprint density at radius 2 is 1.95 bits per heavy atom. The lowest BCUT2D eigenvalue weighted by molar-refractivity contribution is -0.128. The van der Waals surface area contributed by atoms with Crippen LogP contribution in [0.15, 0.2) is 29.2 Å². The van der Waals surface area contributed by atoms with Crippen LogP contribution < -0.4 is 5.32 Å². The fourth-order valence-corrected chi connectivity index (χ4v) is 4.17. The number of imide groups is 1. The predicted molar refractivity (Wildman–Crippen MR) is 74.2 cm³/mol. The number of benzene rings is 1. The first kappa shape index (κ1) is 14.3. The second-order valence-electron chi connectivity index (χ2n) is 4.86. The Bertz CT molecular complexity index is 699. The van der Waals surface area contributed by atoms with Crippen molar-refractivity contribution in [2.45, 2.75) is 10.9 Å². The molecule has 0 bridgehead atoms. The number of urea groups is 1. The van der Waals surface area contributed by atoms with Crippen LogP contribution in [0, 0.1) is 0 Å². The average molecular weight is 330 g/mol. The molecule has 0 saturated carbocycles. The zero-order valence-corrected chi connectivity index (χ0v) is 12.4. The van der Waals surface area contributed by atoms with Crippen LogP contribution in [0.1, 0.15) is 0 Å². The molecule has 112 valence electrons. The molecule has 0 aromatic heterocycles. The summed E-state index contributed by atoms with van der Waals surface area (Å²) in [4.78, 5) is 24.2. The molecule has 21 heavy (non-hydrogen) atoms. The molecule has 1 aromatic carbocycles. The number of carbonyl (C=O) groups excluding carboxylic acids is 2. The van der Waals surface area contributed by atoms with E-state index in [1.807, 2.05) is 0 Å². The van der Waals surface area contributed by atoms with Gasteiger partial charge in [0.15, 0.2) is 0 Å². The van der Waals surface area contributed by atoms with Crippen LogP contribution >= 0.6 is 11.6 Å². The fourth-order valence-electron chi connectivity index (χ4n) is 2.36. The molecule has 0 spiro atoms. The maximum atomic E-state index is 12.4. The van der Waals surface area contributed by atoms with E-state index in [1.165, 1.54) is 16.4 Å². The van der Waals surface area contributed by atoms with E-state index in [-0.39, 0.29) is 30.4 Å². The molecule has 0 atom stereocenters. The molecule has 0 aliphatic carbocycles. The number of halogens is 1. The minimum atomic E-state index is -3.64. The third-order valence-electron chi connectivity index (χ3n) is 3.51. The summed E-state index contributed by atoms with van der Waals surface area (Å²) < 4.78 is 25.9. The standard InChI is InChI=1S/C12H12ClN3O4S/c13-8-2-1-3-10(4-8)21(19,20)15-6-9(7-15)16-11(17)5-14-12(16)18/h1-4,9H,5-7H2,(H,14,18). The molecule has 0 radical (unpaired) electrons. The van der Waals surface area contributed by atoms with Gasteiger partial charge in [0.1, 0.15) is 0 Å². The number of amides is 3. The molecule has 3 amide bonds. The fraction of sp³-hybridized carbons (Fsp3) is 0.333. The molecular formula is C12H12ClN3O4S. The molecule has 1 N–H and O–H groups in total. The number of nitrogens with one attached hydrogen (secondary N) is 1. The van der Waals surface area contributed by atoms with Crippen molar-refractivity contribution < 1.29 is 18.0 Å². The van der Waals surface area contributed by atoms with E-state index in [2.05, 4.69) is 5.32 Å². The molecule has 2 aliphatic rings. The molecule has 9 heteroatoms. The topological polar surface area (TPSA) is 86.8 Å². The van der Waals surface area contributed by atoms with E-state index in [9.17, 15) is 18.0 Å². The molecule has 0 unspecified atom stereocenters. The van der Waals surface area contributed by atoms with Gasteiger partial charge in [-0.25, -0.2) is 13.2 Å². The first-order chi connectivity index (χ1) is 9.89. The Morgan fingerprint density at radius 3 is 2.52 bits per heavy atom. The van der Waals surface area contributed by atoms with Crippen molar-refractivity contribution in [1.29, 1.82) is 0 Å². The maximum absolute atomic E-state index is 12.4. The highest BCUT2D eigenvalue weighted by Gasteiger charge is 2.45.